The quantitative estimate of drug-likeness (QED) is 0.786. The molecule has 2 saturated heterocycles. The van der Waals surface area contributed by atoms with Crippen LogP contribution < -0.4 is 5.32 Å². The van der Waals surface area contributed by atoms with Crippen molar-refractivity contribution in [2.45, 2.75) is 51.7 Å². The molecule has 1 N–H and O–H groups in total. The van der Waals surface area contributed by atoms with Gasteiger partial charge in [0.25, 0.3) is 0 Å². The number of ether oxygens (including phenoxy) is 2. The lowest BCUT2D eigenvalue weighted by Gasteiger charge is -2.36. The van der Waals surface area contributed by atoms with Crippen molar-refractivity contribution >= 4 is 6.03 Å². The summed E-state index contributed by atoms with van der Waals surface area (Å²) >= 11 is 0. The summed E-state index contributed by atoms with van der Waals surface area (Å²) in [6.07, 6.45) is 4.69. The van der Waals surface area contributed by atoms with E-state index in [0.29, 0.717) is 25.8 Å². The van der Waals surface area contributed by atoms with Crippen molar-refractivity contribution in [1.29, 1.82) is 0 Å². The van der Waals surface area contributed by atoms with Gasteiger partial charge < -0.3 is 19.7 Å². The van der Waals surface area contributed by atoms with Gasteiger partial charge in [-0.3, -0.25) is 0 Å². The molecule has 0 spiro atoms. The van der Waals surface area contributed by atoms with Crippen molar-refractivity contribution in [3.63, 3.8) is 0 Å². The van der Waals surface area contributed by atoms with Crippen LogP contribution in [-0.4, -0.2) is 56.0 Å². The van der Waals surface area contributed by atoms with Crippen LogP contribution in [0.2, 0.25) is 0 Å². The van der Waals surface area contributed by atoms with Crippen molar-refractivity contribution in [1.82, 2.24) is 10.2 Å². The highest BCUT2D eigenvalue weighted by Gasteiger charge is 2.26. The second-order valence-corrected chi connectivity index (χ2v) is 6.11. The first-order valence-corrected chi connectivity index (χ1v) is 7.90. The van der Waals surface area contributed by atoms with Gasteiger partial charge in [0.1, 0.15) is 0 Å². The average Bonchev–Trinajstić information content (AvgIpc) is 2.91. The number of nitrogens with zero attached hydrogens (tertiary/aromatic N) is 1. The van der Waals surface area contributed by atoms with Crippen LogP contribution in [0.3, 0.4) is 0 Å². The number of likely N-dealkylation sites (tertiary alicyclic amines) is 1. The number of rotatable bonds is 5. The first kappa shape index (κ1) is 15.6. The molecule has 20 heavy (non-hydrogen) atoms. The van der Waals surface area contributed by atoms with Gasteiger partial charge in [-0.1, -0.05) is 6.92 Å². The van der Waals surface area contributed by atoms with Crippen molar-refractivity contribution in [2.24, 2.45) is 5.92 Å². The summed E-state index contributed by atoms with van der Waals surface area (Å²) in [6.45, 7) is 7.89. The molecule has 0 radical (unpaired) electrons. The Labute approximate surface area is 122 Å². The first-order valence-electron chi connectivity index (χ1n) is 7.90. The van der Waals surface area contributed by atoms with E-state index in [2.05, 4.69) is 19.2 Å². The normalized spacial score (nSPS) is 30.5. The maximum atomic E-state index is 12.1. The highest BCUT2D eigenvalue weighted by atomic mass is 16.5. The van der Waals surface area contributed by atoms with Crippen molar-refractivity contribution in [2.75, 3.05) is 32.9 Å². The van der Waals surface area contributed by atoms with Gasteiger partial charge in [-0.25, -0.2) is 4.79 Å². The first-order chi connectivity index (χ1) is 9.66. The average molecular weight is 284 g/mol. The SMILES string of the molecule is CC1CCN(C(=O)NCCOCC2CCCO2)C(C)C1. The third kappa shape index (κ3) is 4.63. The van der Waals surface area contributed by atoms with E-state index in [1.807, 2.05) is 4.90 Å². The van der Waals surface area contributed by atoms with E-state index < -0.39 is 0 Å². The maximum Gasteiger partial charge on any atom is 0.317 e. The topological polar surface area (TPSA) is 50.8 Å². The molecular formula is C15H28N2O3. The lowest BCUT2D eigenvalue weighted by Crippen LogP contribution is -2.49. The summed E-state index contributed by atoms with van der Waals surface area (Å²) in [7, 11) is 0. The zero-order chi connectivity index (χ0) is 14.4. The van der Waals surface area contributed by atoms with E-state index >= 15 is 0 Å². The van der Waals surface area contributed by atoms with Crippen molar-refractivity contribution in [3.05, 3.63) is 0 Å². The molecular weight excluding hydrogens is 256 g/mol. The fourth-order valence-corrected chi connectivity index (χ4v) is 3.03. The Morgan fingerprint density at radius 3 is 2.95 bits per heavy atom. The molecule has 5 nitrogen and oxygen atoms in total. The molecule has 2 heterocycles. The maximum absolute atomic E-state index is 12.1. The number of hydrogen-bond donors (Lipinski definition) is 1. The Morgan fingerprint density at radius 1 is 1.40 bits per heavy atom. The summed E-state index contributed by atoms with van der Waals surface area (Å²) in [4.78, 5) is 14.0. The molecule has 0 aromatic heterocycles. The van der Waals surface area contributed by atoms with Gasteiger partial charge >= 0.3 is 6.03 Å². The van der Waals surface area contributed by atoms with E-state index in [4.69, 9.17) is 9.47 Å². The monoisotopic (exact) mass is 284 g/mol. The Bertz CT molecular complexity index is 305. The fraction of sp³-hybridized carbons (Fsp3) is 0.933. The third-order valence-corrected chi connectivity index (χ3v) is 4.25. The number of carbonyl (C=O) groups excluding carboxylic acids is 1. The summed E-state index contributed by atoms with van der Waals surface area (Å²) in [5.41, 5.74) is 0. The van der Waals surface area contributed by atoms with E-state index in [0.717, 1.165) is 44.8 Å². The van der Waals surface area contributed by atoms with Crippen LogP contribution in [0.15, 0.2) is 0 Å². The number of amides is 2. The van der Waals surface area contributed by atoms with Gasteiger partial charge in [0.2, 0.25) is 0 Å². The predicted octanol–water partition coefficient (Wildman–Crippen LogP) is 2.01. The molecule has 3 unspecified atom stereocenters. The van der Waals surface area contributed by atoms with E-state index in [1.165, 1.54) is 0 Å². The van der Waals surface area contributed by atoms with Crippen LogP contribution in [0.4, 0.5) is 4.79 Å². The second kappa shape index (κ2) is 7.84. The number of hydrogen-bond acceptors (Lipinski definition) is 3. The van der Waals surface area contributed by atoms with Crippen LogP contribution >= 0.6 is 0 Å². The molecule has 2 aliphatic heterocycles. The van der Waals surface area contributed by atoms with Gasteiger partial charge in [0.05, 0.1) is 19.3 Å². The van der Waals surface area contributed by atoms with Gasteiger partial charge in [-0.05, 0) is 38.5 Å². The predicted molar refractivity (Wildman–Crippen MR) is 77.8 cm³/mol. The van der Waals surface area contributed by atoms with Crippen LogP contribution in [-0.2, 0) is 9.47 Å². The standard InChI is InChI=1S/C15H28N2O3/c1-12-5-7-17(13(2)10-12)15(18)16-6-9-19-11-14-4-3-8-20-14/h12-14H,3-11H2,1-2H3,(H,16,18). The van der Waals surface area contributed by atoms with Gasteiger partial charge in [-0.15, -0.1) is 0 Å². The molecule has 0 aliphatic carbocycles. The molecule has 0 aromatic rings. The van der Waals surface area contributed by atoms with Gasteiger partial charge in [0, 0.05) is 25.7 Å². The highest BCUT2D eigenvalue weighted by Crippen LogP contribution is 2.21. The molecule has 2 fully saturated rings. The van der Waals surface area contributed by atoms with Crippen LogP contribution in [0, 0.1) is 5.92 Å². The molecule has 2 rings (SSSR count). The molecule has 0 bridgehead atoms. The summed E-state index contributed by atoms with van der Waals surface area (Å²) < 4.78 is 11.0. The smallest absolute Gasteiger partial charge is 0.317 e. The molecule has 0 aromatic carbocycles. The largest absolute Gasteiger partial charge is 0.377 e. The Balaban J connectivity index is 1.55. The van der Waals surface area contributed by atoms with Crippen molar-refractivity contribution < 1.29 is 14.3 Å². The second-order valence-electron chi connectivity index (χ2n) is 6.11. The molecule has 2 aliphatic rings. The van der Waals surface area contributed by atoms with Crippen LogP contribution in [0.25, 0.3) is 0 Å². The van der Waals surface area contributed by atoms with Crippen LogP contribution in [0.5, 0.6) is 0 Å². The zero-order valence-electron chi connectivity index (χ0n) is 12.8. The van der Waals surface area contributed by atoms with Crippen molar-refractivity contribution in [3.8, 4) is 0 Å². The summed E-state index contributed by atoms with van der Waals surface area (Å²) in [5, 5.41) is 2.94. The van der Waals surface area contributed by atoms with Crippen LogP contribution in [0.1, 0.15) is 39.5 Å². The zero-order valence-corrected chi connectivity index (χ0v) is 12.8. The highest BCUT2D eigenvalue weighted by molar-refractivity contribution is 5.74. The molecule has 0 saturated carbocycles. The minimum atomic E-state index is 0.0464. The molecule has 5 heteroatoms. The van der Waals surface area contributed by atoms with Gasteiger partial charge in [0.15, 0.2) is 0 Å². The number of piperidine rings is 1. The molecule has 2 amide bonds. The van der Waals surface area contributed by atoms with Gasteiger partial charge in [-0.2, -0.15) is 0 Å². The Morgan fingerprint density at radius 2 is 2.25 bits per heavy atom. The number of nitrogens with one attached hydrogen (secondary N) is 1. The molecule has 116 valence electrons. The van der Waals surface area contributed by atoms with E-state index in [1.54, 1.807) is 0 Å². The summed E-state index contributed by atoms with van der Waals surface area (Å²) in [5.74, 6) is 0.726. The Hall–Kier alpha value is -0.810. The number of urea groups is 1. The lowest BCUT2D eigenvalue weighted by atomic mass is 9.94. The minimum Gasteiger partial charge on any atom is -0.377 e. The Kier molecular flexibility index (Phi) is 6.10. The van der Waals surface area contributed by atoms with E-state index in [9.17, 15) is 4.79 Å². The summed E-state index contributed by atoms with van der Waals surface area (Å²) in [6, 6.07) is 0.386. The minimum absolute atomic E-state index is 0.0464. The fourth-order valence-electron chi connectivity index (χ4n) is 3.03. The third-order valence-electron chi connectivity index (χ3n) is 4.25. The van der Waals surface area contributed by atoms with E-state index in [-0.39, 0.29) is 12.1 Å². The molecule has 3 atom stereocenters. The number of carbonyl (C=O) groups is 1. The lowest BCUT2D eigenvalue weighted by molar-refractivity contribution is 0.0184.